The third kappa shape index (κ3) is 5.13. The Morgan fingerprint density at radius 3 is 2.06 bits per heavy atom. The van der Waals surface area contributed by atoms with Crippen molar-refractivity contribution in [2.75, 3.05) is 18.4 Å². The van der Waals surface area contributed by atoms with E-state index in [-0.39, 0.29) is 24.0 Å². The second kappa shape index (κ2) is 10.7. The second-order valence-electron chi connectivity index (χ2n) is 11.6. The minimum atomic E-state index is -0.0722. The summed E-state index contributed by atoms with van der Waals surface area (Å²) in [4.78, 5) is 31.3. The van der Waals surface area contributed by atoms with Gasteiger partial charge in [0.2, 0.25) is 5.91 Å². The van der Waals surface area contributed by atoms with Gasteiger partial charge in [-0.2, -0.15) is 0 Å². The van der Waals surface area contributed by atoms with Crippen molar-refractivity contribution in [2.45, 2.75) is 122 Å². The number of hydrogen-bond acceptors (Lipinski definition) is 2. The highest BCUT2D eigenvalue weighted by Gasteiger charge is 2.52. The van der Waals surface area contributed by atoms with Gasteiger partial charge in [0.15, 0.2) is 0 Å². The molecule has 34 heavy (non-hydrogen) atoms. The van der Waals surface area contributed by atoms with E-state index in [0.717, 1.165) is 42.5 Å². The minimum absolute atomic E-state index is 0.0659. The van der Waals surface area contributed by atoms with Crippen LogP contribution in [-0.4, -0.2) is 46.4 Å². The predicted octanol–water partition coefficient (Wildman–Crippen LogP) is 7.04. The van der Waals surface area contributed by atoms with E-state index in [1.54, 1.807) is 0 Å². The van der Waals surface area contributed by atoms with Crippen molar-refractivity contribution in [1.82, 2.24) is 9.80 Å². The van der Waals surface area contributed by atoms with E-state index < -0.39 is 0 Å². The topological polar surface area (TPSA) is 52.7 Å². The van der Waals surface area contributed by atoms with Crippen LogP contribution in [0.3, 0.4) is 0 Å². The summed E-state index contributed by atoms with van der Waals surface area (Å²) in [6.45, 7) is 9.51. The highest BCUT2D eigenvalue weighted by molar-refractivity contribution is 5.96. The zero-order chi connectivity index (χ0) is 24.3. The first kappa shape index (κ1) is 25.1. The third-order valence-electron chi connectivity index (χ3n) is 8.42. The van der Waals surface area contributed by atoms with E-state index in [9.17, 15) is 9.59 Å². The molecule has 1 aliphatic heterocycles. The van der Waals surface area contributed by atoms with E-state index >= 15 is 0 Å². The Kier molecular flexibility index (Phi) is 7.89. The molecule has 188 valence electrons. The van der Waals surface area contributed by atoms with Crippen molar-refractivity contribution < 1.29 is 9.59 Å². The minimum Gasteiger partial charge on any atom is -0.324 e. The Balaban J connectivity index is 1.54. The Morgan fingerprint density at radius 2 is 1.50 bits per heavy atom. The molecule has 2 saturated carbocycles. The number of para-hydroxylation sites is 1. The zero-order valence-corrected chi connectivity index (χ0v) is 21.9. The smallest absolute Gasteiger partial charge is 0.321 e. The molecule has 0 bridgehead atoms. The first-order valence-electron chi connectivity index (χ1n) is 13.8. The van der Waals surface area contributed by atoms with Crippen LogP contribution < -0.4 is 5.32 Å². The Bertz CT molecular complexity index is 838. The van der Waals surface area contributed by atoms with Gasteiger partial charge in [-0.1, -0.05) is 90.8 Å². The van der Waals surface area contributed by atoms with Gasteiger partial charge in [-0.15, -0.1) is 0 Å². The van der Waals surface area contributed by atoms with Crippen LogP contribution in [0, 0.1) is 0 Å². The molecule has 3 fully saturated rings. The number of nitrogens with zero attached hydrogens (tertiary/aromatic N) is 2. The molecule has 5 heteroatoms. The largest absolute Gasteiger partial charge is 0.324 e. The normalized spacial score (nSPS) is 21.5. The Labute approximate surface area is 206 Å². The van der Waals surface area contributed by atoms with Crippen LogP contribution in [0.4, 0.5) is 10.5 Å². The zero-order valence-electron chi connectivity index (χ0n) is 21.9. The molecule has 0 unspecified atom stereocenters. The molecule has 5 nitrogen and oxygen atoms in total. The van der Waals surface area contributed by atoms with E-state index in [1.165, 1.54) is 44.9 Å². The highest BCUT2D eigenvalue weighted by atomic mass is 16.2. The van der Waals surface area contributed by atoms with Crippen LogP contribution >= 0.6 is 0 Å². The second-order valence-corrected chi connectivity index (χ2v) is 11.6. The third-order valence-corrected chi connectivity index (χ3v) is 8.42. The van der Waals surface area contributed by atoms with Crippen LogP contribution in [0.2, 0.25) is 0 Å². The van der Waals surface area contributed by atoms with Gasteiger partial charge < -0.3 is 15.1 Å². The van der Waals surface area contributed by atoms with Crippen molar-refractivity contribution in [2.24, 2.45) is 0 Å². The maximum atomic E-state index is 13.8. The predicted molar refractivity (Wildman–Crippen MR) is 139 cm³/mol. The van der Waals surface area contributed by atoms with E-state index in [4.69, 9.17) is 0 Å². The van der Waals surface area contributed by atoms with Gasteiger partial charge in [-0.3, -0.25) is 4.79 Å². The summed E-state index contributed by atoms with van der Waals surface area (Å²) in [7, 11) is 0. The molecule has 0 radical (unpaired) electrons. The lowest BCUT2D eigenvalue weighted by molar-refractivity contribution is -0.116. The molecule has 4 rings (SSSR count). The van der Waals surface area contributed by atoms with Gasteiger partial charge >= 0.3 is 6.03 Å². The maximum absolute atomic E-state index is 13.8. The summed E-state index contributed by atoms with van der Waals surface area (Å²) >= 11 is 0. The molecule has 0 atom stereocenters. The van der Waals surface area contributed by atoms with Crippen LogP contribution in [0.15, 0.2) is 18.2 Å². The number of benzene rings is 1. The standard InChI is InChI=1S/C29H45N3O2/c1-21(2)24-15-12-16-25(22(3)4)27(24)30-26(33)19-31-20-29(17-10-7-11-18-29)32(28(31)34)23-13-8-5-6-9-14-23/h12,15-16,21-23H,5-11,13-14,17-20H2,1-4H3,(H,30,33). The van der Waals surface area contributed by atoms with Gasteiger partial charge in [0.1, 0.15) is 6.54 Å². The van der Waals surface area contributed by atoms with Crippen molar-refractivity contribution in [3.05, 3.63) is 29.3 Å². The molecule has 1 N–H and O–H groups in total. The van der Waals surface area contributed by atoms with Gasteiger partial charge in [0.25, 0.3) is 0 Å². The molecular weight excluding hydrogens is 422 g/mol. The lowest BCUT2D eigenvalue weighted by Gasteiger charge is -2.44. The monoisotopic (exact) mass is 467 g/mol. The van der Waals surface area contributed by atoms with Crippen LogP contribution in [0.1, 0.15) is 121 Å². The summed E-state index contributed by atoms with van der Waals surface area (Å²) in [5, 5.41) is 3.23. The summed E-state index contributed by atoms with van der Waals surface area (Å²) in [6.07, 6.45) is 13.0. The SMILES string of the molecule is CC(C)c1cccc(C(C)C)c1NC(=O)CN1CC2(CCCCC2)N(C2CCCCCC2)C1=O. The van der Waals surface area contributed by atoms with Crippen molar-refractivity contribution in [3.8, 4) is 0 Å². The van der Waals surface area contributed by atoms with Crippen molar-refractivity contribution >= 4 is 17.6 Å². The number of hydrogen-bond donors (Lipinski definition) is 1. The summed E-state index contributed by atoms with van der Waals surface area (Å²) in [5.41, 5.74) is 3.20. The maximum Gasteiger partial charge on any atom is 0.321 e. The molecule has 3 aliphatic rings. The van der Waals surface area contributed by atoms with Gasteiger partial charge in [-0.25, -0.2) is 4.79 Å². The molecule has 1 heterocycles. The Morgan fingerprint density at radius 1 is 0.941 bits per heavy atom. The molecule has 1 aromatic rings. The fourth-order valence-corrected chi connectivity index (χ4v) is 6.69. The molecule has 2 aliphatic carbocycles. The van der Waals surface area contributed by atoms with E-state index in [0.29, 0.717) is 24.4 Å². The number of amides is 3. The number of nitrogens with one attached hydrogen (secondary N) is 1. The van der Waals surface area contributed by atoms with Crippen molar-refractivity contribution in [1.29, 1.82) is 0 Å². The summed E-state index contributed by atoms with van der Waals surface area (Å²) in [6, 6.07) is 6.75. The number of carbonyl (C=O) groups excluding carboxylic acids is 2. The van der Waals surface area contributed by atoms with E-state index in [2.05, 4.69) is 56.1 Å². The molecule has 1 aromatic carbocycles. The molecule has 1 spiro atoms. The van der Waals surface area contributed by atoms with Gasteiger partial charge in [-0.05, 0) is 48.6 Å². The Hall–Kier alpha value is -2.04. The number of carbonyl (C=O) groups is 2. The van der Waals surface area contributed by atoms with Gasteiger partial charge in [0, 0.05) is 18.3 Å². The fraction of sp³-hybridized carbons (Fsp3) is 0.724. The molecule has 3 amide bonds. The van der Waals surface area contributed by atoms with Crippen molar-refractivity contribution in [3.63, 3.8) is 0 Å². The van der Waals surface area contributed by atoms with Crippen LogP contribution in [0.25, 0.3) is 0 Å². The first-order chi connectivity index (χ1) is 16.3. The number of anilines is 1. The number of rotatable bonds is 6. The van der Waals surface area contributed by atoms with Crippen LogP contribution in [0.5, 0.6) is 0 Å². The van der Waals surface area contributed by atoms with Crippen LogP contribution in [-0.2, 0) is 4.79 Å². The molecule has 0 aromatic heterocycles. The summed E-state index contributed by atoms with van der Waals surface area (Å²) < 4.78 is 0. The first-order valence-corrected chi connectivity index (χ1v) is 13.8. The summed E-state index contributed by atoms with van der Waals surface area (Å²) in [5.74, 6) is 0.564. The average Bonchev–Trinajstić information content (AvgIpc) is 2.96. The molecule has 1 saturated heterocycles. The highest BCUT2D eigenvalue weighted by Crippen LogP contribution is 2.43. The molecular formula is C29H45N3O2. The average molecular weight is 468 g/mol. The van der Waals surface area contributed by atoms with Gasteiger partial charge in [0.05, 0.1) is 5.54 Å². The number of urea groups is 1. The fourth-order valence-electron chi connectivity index (χ4n) is 6.69. The quantitative estimate of drug-likeness (QED) is 0.456. The van der Waals surface area contributed by atoms with E-state index in [1.807, 2.05) is 4.90 Å². The lowest BCUT2D eigenvalue weighted by atomic mass is 9.80. The lowest BCUT2D eigenvalue weighted by Crippen LogP contribution is -2.53.